The van der Waals surface area contributed by atoms with Crippen LogP contribution in [0.2, 0.25) is 0 Å². The molecule has 1 fully saturated rings. The van der Waals surface area contributed by atoms with E-state index < -0.39 is 5.82 Å². The van der Waals surface area contributed by atoms with Gasteiger partial charge < -0.3 is 15.4 Å². The molecule has 1 aromatic rings. The highest BCUT2D eigenvalue weighted by Crippen LogP contribution is 2.22. The summed E-state index contributed by atoms with van der Waals surface area (Å²) < 4.78 is 17.7. The lowest BCUT2D eigenvalue weighted by atomic mass is 10.0. The fourth-order valence-corrected chi connectivity index (χ4v) is 1.94. The molecule has 1 aliphatic heterocycles. The molecule has 1 atom stereocenters. The van der Waals surface area contributed by atoms with E-state index in [4.69, 9.17) is 10.5 Å². The lowest BCUT2D eigenvalue weighted by molar-refractivity contribution is 0.142. The van der Waals surface area contributed by atoms with Crippen LogP contribution >= 0.6 is 0 Å². The maximum absolute atomic E-state index is 12.7. The first kappa shape index (κ1) is 11.2. The van der Waals surface area contributed by atoms with Crippen molar-refractivity contribution in [2.45, 2.75) is 12.0 Å². The van der Waals surface area contributed by atoms with E-state index in [1.807, 2.05) is 4.90 Å². The first-order chi connectivity index (χ1) is 7.63. The van der Waals surface area contributed by atoms with Crippen LogP contribution in [0.25, 0.3) is 0 Å². The molecule has 0 aromatic carbocycles. The molecular formula is C10H15FN4O. The summed E-state index contributed by atoms with van der Waals surface area (Å²) in [6.45, 7) is 1.91. The van der Waals surface area contributed by atoms with Gasteiger partial charge in [-0.2, -0.15) is 0 Å². The highest BCUT2D eigenvalue weighted by Gasteiger charge is 2.35. The van der Waals surface area contributed by atoms with Crippen LogP contribution in [0.4, 0.5) is 10.3 Å². The molecule has 0 bridgehead atoms. The summed E-state index contributed by atoms with van der Waals surface area (Å²) >= 11 is 0. The molecule has 0 unspecified atom stereocenters. The van der Waals surface area contributed by atoms with Crippen LogP contribution in [0.1, 0.15) is 6.42 Å². The topological polar surface area (TPSA) is 64.3 Å². The monoisotopic (exact) mass is 226 g/mol. The third-order valence-corrected chi connectivity index (χ3v) is 2.71. The SMILES string of the molecule is COC[C@@]1(N)CCN(c2ncc(F)cn2)C1. The van der Waals surface area contributed by atoms with Gasteiger partial charge in [0, 0.05) is 20.2 Å². The zero-order valence-corrected chi connectivity index (χ0v) is 9.19. The number of methoxy groups -OCH3 is 1. The first-order valence-corrected chi connectivity index (χ1v) is 5.13. The molecule has 0 aliphatic carbocycles. The van der Waals surface area contributed by atoms with Crippen LogP contribution in [0.15, 0.2) is 12.4 Å². The largest absolute Gasteiger partial charge is 0.383 e. The Balaban J connectivity index is 2.06. The number of ether oxygens (including phenoxy) is 1. The molecule has 2 rings (SSSR count). The van der Waals surface area contributed by atoms with E-state index in [0.717, 1.165) is 25.4 Å². The molecule has 0 saturated carbocycles. The summed E-state index contributed by atoms with van der Waals surface area (Å²) in [4.78, 5) is 9.80. The van der Waals surface area contributed by atoms with Gasteiger partial charge >= 0.3 is 0 Å². The zero-order chi connectivity index (χ0) is 11.6. The third-order valence-electron chi connectivity index (χ3n) is 2.71. The molecule has 2 N–H and O–H groups in total. The van der Waals surface area contributed by atoms with Gasteiger partial charge in [-0.25, -0.2) is 14.4 Å². The van der Waals surface area contributed by atoms with Crippen molar-refractivity contribution in [3.8, 4) is 0 Å². The Morgan fingerprint density at radius 3 is 2.88 bits per heavy atom. The van der Waals surface area contributed by atoms with E-state index >= 15 is 0 Å². The summed E-state index contributed by atoms with van der Waals surface area (Å²) in [6.07, 6.45) is 3.14. The van der Waals surface area contributed by atoms with E-state index in [0.29, 0.717) is 19.1 Å². The minimum absolute atomic E-state index is 0.355. The van der Waals surface area contributed by atoms with Crippen molar-refractivity contribution in [3.63, 3.8) is 0 Å². The van der Waals surface area contributed by atoms with E-state index in [-0.39, 0.29) is 5.54 Å². The lowest BCUT2D eigenvalue weighted by Gasteiger charge is -2.23. The summed E-state index contributed by atoms with van der Waals surface area (Å²) in [6, 6.07) is 0. The van der Waals surface area contributed by atoms with Crippen molar-refractivity contribution >= 4 is 5.95 Å². The van der Waals surface area contributed by atoms with Crippen LogP contribution in [0.5, 0.6) is 0 Å². The Morgan fingerprint density at radius 2 is 2.25 bits per heavy atom. The number of nitrogens with two attached hydrogens (primary N) is 1. The third kappa shape index (κ3) is 2.28. The smallest absolute Gasteiger partial charge is 0.225 e. The van der Waals surface area contributed by atoms with Crippen LogP contribution < -0.4 is 10.6 Å². The molecule has 1 saturated heterocycles. The number of nitrogens with zero attached hydrogens (tertiary/aromatic N) is 3. The standard InChI is InChI=1S/C10H15FN4O/c1-16-7-10(12)2-3-15(6-10)9-13-4-8(11)5-14-9/h4-5H,2-3,6-7,12H2,1H3/t10-/m1/s1. The molecule has 1 aliphatic rings. The van der Waals surface area contributed by atoms with Gasteiger partial charge in [0.25, 0.3) is 0 Å². The molecule has 5 nitrogen and oxygen atoms in total. The average molecular weight is 226 g/mol. The normalized spacial score (nSPS) is 25.1. The predicted octanol–water partition coefficient (Wildman–Crippen LogP) is 0.170. The molecule has 0 amide bonds. The minimum Gasteiger partial charge on any atom is -0.383 e. The van der Waals surface area contributed by atoms with Crippen molar-refractivity contribution in [1.82, 2.24) is 9.97 Å². The summed E-state index contributed by atoms with van der Waals surface area (Å²) in [7, 11) is 1.63. The first-order valence-electron chi connectivity index (χ1n) is 5.13. The summed E-state index contributed by atoms with van der Waals surface area (Å²) in [5.41, 5.74) is 5.78. The van der Waals surface area contributed by atoms with Crippen molar-refractivity contribution in [3.05, 3.63) is 18.2 Å². The number of hydrogen-bond acceptors (Lipinski definition) is 5. The van der Waals surface area contributed by atoms with Crippen molar-refractivity contribution in [2.75, 3.05) is 31.7 Å². The number of halogens is 1. The Bertz CT molecular complexity index is 358. The van der Waals surface area contributed by atoms with Gasteiger partial charge in [-0.3, -0.25) is 0 Å². The Hall–Kier alpha value is -1.27. The maximum Gasteiger partial charge on any atom is 0.225 e. The number of hydrogen-bond donors (Lipinski definition) is 1. The van der Waals surface area contributed by atoms with E-state index in [9.17, 15) is 4.39 Å². The molecule has 2 heterocycles. The zero-order valence-electron chi connectivity index (χ0n) is 9.19. The van der Waals surface area contributed by atoms with Crippen LogP contribution in [-0.4, -0.2) is 42.3 Å². The van der Waals surface area contributed by atoms with E-state index in [1.165, 1.54) is 0 Å². The minimum atomic E-state index is -0.432. The van der Waals surface area contributed by atoms with Crippen LogP contribution in [0.3, 0.4) is 0 Å². The van der Waals surface area contributed by atoms with Gasteiger partial charge in [0.1, 0.15) is 0 Å². The number of anilines is 1. The van der Waals surface area contributed by atoms with Gasteiger partial charge in [-0.1, -0.05) is 0 Å². The highest BCUT2D eigenvalue weighted by molar-refractivity contribution is 5.33. The van der Waals surface area contributed by atoms with Gasteiger partial charge in [0.2, 0.25) is 5.95 Å². The highest BCUT2D eigenvalue weighted by atomic mass is 19.1. The quantitative estimate of drug-likeness (QED) is 0.796. The second kappa shape index (κ2) is 4.31. The average Bonchev–Trinajstić information content (AvgIpc) is 2.62. The molecular weight excluding hydrogens is 211 g/mol. The van der Waals surface area contributed by atoms with E-state index in [2.05, 4.69) is 9.97 Å². The number of aromatic nitrogens is 2. The van der Waals surface area contributed by atoms with Crippen LogP contribution in [0, 0.1) is 5.82 Å². The molecule has 6 heteroatoms. The Morgan fingerprint density at radius 1 is 1.56 bits per heavy atom. The molecule has 16 heavy (non-hydrogen) atoms. The van der Waals surface area contributed by atoms with Crippen molar-refractivity contribution < 1.29 is 9.13 Å². The van der Waals surface area contributed by atoms with Gasteiger partial charge in [-0.05, 0) is 6.42 Å². The lowest BCUT2D eigenvalue weighted by Crippen LogP contribution is -2.46. The van der Waals surface area contributed by atoms with Crippen molar-refractivity contribution in [1.29, 1.82) is 0 Å². The molecule has 0 spiro atoms. The summed E-state index contributed by atoms with van der Waals surface area (Å²) in [5.74, 6) is 0.0867. The Labute approximate surface area is 93.4 Å². The van der Waals surface area contributed by atoms with Crippen LogP contribution in [-0.2, 0) is 4.74 Å². The van der Waals surface area contributed by atoms with Crippen molar-refractivity contribution in [2.24, 2.45) is 5.73 Å². The fourth-order valence-electron chi connectivity index (χ4n) is 1.94. The second-order valence-electron chi connectivity index (χ2n) is 4.17. The van der Waals surface area contributed by atoms with Gasteiger partial charge in [0.15, 0.2) is 5.82 Å². The molecule has 88 valence electrons. The molecule has 1 aromatic heterocycles. The second-order valence-corrected chi connectivity index (χ2v) is 4.17. The maximum atomic E-state index is 12.7. The van der Waals surface area contributed by atoms with Gasteiger partial charge in [-0.15, -0.1) is 0 Å². The molecule has 0 radical (unpaired) electrons. The predicted molar refractivity (Wildman–Crippen MR) is 57.6 cm³/mol. The van der Waals surface area contributed by atoms with E-state index in [1.54, 1.807) is 7.11 Å². The Kier molecular flexibility index (Phi) is 3.02. The fraction of sp³-hybridized carbons (Fsp3) is 0.600. The number of rotatable bonds is 3. The summed E-state index contributed by atoms with van der Waals surface area (Å²) in [5, 5.41) is 0. The van der Waals surface area contributed by atoms with Gasteiger partial charge in [0.05, 0.1) is 24.5 Å².